The van der Waals surface area contributed by atoms with Gasteiger partial charge in [0.25, 0.3) is 0 Å². The lowest BCUT2D eigenvalue weighted by Gasteiger charge is -2.15. The van der Waals surface area contributed by atoms with E-state index in [1.54, 1.807) is 26.6 Å². The van der Waals surface area contributed by atoms with Crippen molar-refractivity contribution in [2.45, 2.75) is 26.3 Å². The van der Waals surface area contributed by atoms with E-state index in [-0.39, 0.29) is 0 Å². The average Bonchev–Trinajstić information content (AvgIpc) is 2.90. The fourth-order valence-electron chi connectivity index (χ4n) is 3.95. The number of methoxy groups -OCH3 is 2. The Bertz CT molecular complexity index is 1280. The summed E-state index contributed by atoms with van der Waals surface area (Å²) in [6.45, 7) is 2.63. The Morgan fingerprint density at radius 1 is 0.750 bits per heavy atom. The molecule has 0 spiro atoms. The van der Waals surface area contributed by atoms with Crippen LogP contribution >= 0.6 is 23.2 Å². The lowest BCUT2D eigenvalue weighted by molar-refractivity contribution is 0.388. The zero-order valence-corrected chi connectivity index (χ0v) is 22.1. The second-order valence-electron chi connectivity index (χ2n) is 8.04. The van der Waals surface area contributed by atoms with Crippen molar-refractivity contribution in [2.75, 3.05) is 21.3 Å². The molecule has 0 aliphatic rings. The highest BCUT2D eigenvalue weighted by Gasteiger charge is 2.18. The summed E-state index contributed by atoms with van der Waals surface area (Å²) in [6, 6.07) is 11.5. The summed E-state index contributed by atoms with van der Waals surface area (Å²) in [5.74, 6) is 0.951. The molecule has 2 aromatic heterocycles. The van der Waals surface area contributed by atoms with E-state index in [0.29, 0.717) is 45.4 Å². The fraction of sp³-hybridized carbons (Fsp3) is 0.259. The Morgan fingerprint density at radius 2 is 1.22 bits per heavy atom. The van der Waals surface area contributed by atoms with Gasteiger partial charge in [0.15, 0.2) is 0 Å². The number of benzene rings is 2. The van der Waals surface area contributed by atoms with Crippen molar-refractivity contribution in [1.82, 2.24) is 25.3 Å². The van der Waals surface area contributed by atoms with Crippen LogP contribution in [0.5, 0.6) is 11.8 Å². The number of nitrogens with zero attached hydrogens (tertiary/aromatic N) is 4. The maximum Gasteiger partial charge on any atom is 0.237 e. The van der Waals surface area contributed by atoms with Crippen molar-refractivity contribution in [3.05, 3.63) is 70.2 Å². The van der Waals surface area contributed by atoms with Crippen LogP contribution in [0.3, 0.4) is 0 Å². The van der Waals surface area contributed by atoms with E-state index in [4.69, 9.17) is 32.7 Å². The van der Waals surface area contributed by atoms with Gasteiger partial charge >= 0.3 is 0 Å². The van der Waals surface area contributed by atoms with Gasteiger partial charge in [-0.1, -0.05) is 72.9 Å². The Labute approximate surface area is 220 Å². The first-order valence-corrected chi connectivity index (χ1v) is 12.3. The van der Waals surface area contributed by atoms with Crippen LogP contribution in [0.15, 0.2) is 48.8 Å². The molecule has 186 valence electrons. The van der Waals surface area contributed by atoms with Crippen molar-refractivity contribution < 1.29 is 9.47 Å². The maximum absolute atomic E-state index is 6.93. The summed E-state index contributed by atoms with van der Waals surface area (Å²) in [5.41, 5.74) is 5.77. The number of hydrogen-bond donors (Lipinski definition) is 1. The summed E-state index contributed by atoms with van der Waals surface area (Å²) in [7, 11) is 5.01. The molecular formula is C27H27Cl2N5O2. The van der Waals surface area contributed by atoms with Gasteiger partial charge in [-0.3, -0.25) is 9.97 Å². The second-order valence-corrected chi connectivity index (χ2v) is 8.79. The molecule has 1 N–H and O–H groups in total. The van der Waals surface area contributed by atoms with Gasteiger partial charge in [0.2, 0.25) is 11.8 Å². The number of ether oxygens (including phenoxy) is 2. The Kier molecular flexibility index (Phi) is 8.36. The number of aromatic nitrogens is 4. The minimum atomic E-state index is 0.447. The normalized spacial score (nSPS) is 10.9. The number of rotatable bonds is 9. The predicted octanol–water partition coefficient (Wildman–Crippen LogP) is 6.26. The number of hydrogen-bond acceptors (Lipinski definition) is 7. The van der Waals surface area contributed by atoms with Gasteiger partial charge in [0.05, 0.1) is 48.0 Å². The van der Waals surface area contributed by atoms with Gasteiger partial charge in [-0.25, -0.2) is 9.97 Å². The smallest absolute Gasteiger partial charge is 0.237 e. The molecule has 0 amide bonds. The molecule has 0 saturated heterocycles. The summed E-state index contributed by atoms with van der Waals surface area (Å²) < 4.78 is 10.9. The molecule has 0 unspecified atom stereocenters. The van der Waals surface area contributed by atoms with E-state index in [0.717, 1.165) is 40.8 Å². The highest BCUT2D eigenvalue weighted by molar-refractivity contribution is 6.39. The van der Waals surface area contributed by atoms with Crippen LogP contribution in [-0.4, -0.2) is 41.2 Å². The molecule has 0 bridgehead atoms. The van der Waals surface area contributed by atoms with Gasteiger partial charge in [-0.15, -0.1) is 0 Å². The summed E-state index contributed by atoms with van der Waals surface area (Å²) >= 11 is 13.8. The summed E-state index contributed by atoms with van der Waals surface area (Å²) in [5, 5.41) is 4.09. The van der Waals surface area contributed by atoms with Gasteiger partial charge in [0, 0.05) is 28.8 Å². The third kappa shape index (κ3) is 5.14. The Morgan fingerprint density at radius 3 is 1.69 bits per heavy atom. The lowest BCUT2D eigenvalue weighted by atomic mass is 9.98. The summed E-state index contributed by atoms with van der Waals surface area (Å²) in [6.07, 6.45) is 5.16. The van der Waals surface area contributed by atoms with E-state index >= 15 is 0 Å². The van der Waals surface area contributed by atoms with Crippen LogP contribution < -0.4 is 14.8 Å². The third-order valence-electron chi connectivity index (χ3n) is 5.68. The molecule has 2 heterocycles. The van der Waals surface area contributed by atoms with Crippen LogP contribution in [0, 0.1) is 0 Å². The van der Waals surface area contributed by atoms with Gasteiger partial charge < -0.3 is 14.8 Å². The molecule has 0 atom stereocenters. The highest BCUT2D eigenvalue weighted by atomic mass is 35.5. The molecule has 0 radical (unpaired) electrons. The molecule has 7 nitrogen and oxygen atoms in total. The first-order valence-electron chi connectivity index (χ1n) is 11.5. The first-order chi connectivity index (χ1) is 17.5. The van der Waals surface area contributed by atoms with E-state index in [1.807, 2.05) is 43.4 Å². The van der Waals surface area contributed by atoms with Crippen molar-refractivity contribution in [3.8, 4) is 45.4 Å². The standard InChI is InChI=1S/C27H27Cl2N5O2/c1-5-8-20-26(35-3)33-21(14-31-20)18-11-6-9-16(24(18)28)17-10-7-12-19(25(17)29)22-15-32-23(13-30-2)27(34-22)36-4/h6-7,9-12,14-15,30H,5,8,13H2,1-4H3. The lowest BCUT2D eigenvalue weighted by Crippen LogP contribution is -2.10. The zero-order valence-electron chi connectivity index (χ0n) is 20.6. The van der Waals surface area contributed by atoms with Gasteiger partial charge in [-0.2, -0.15) is 0 Å². The van der Waals surface area contributed by atoms with Crippen molar-refractivity contribution in [2.24, 2.45) is 0 Å². The second kappa shape index (κ2) is 11.6. The zero-order chi connectivity index (χ0) is 25.7. The minimum Gasteiger partial charge on any atom is -0.480 e. The van der Waals surface area contributed by atoms with Crippen LogP contribution in [0.1, 0.15) is 24.7 Å². The molecule has 0 aliphatic carbocycles. The van der Waals surface area contributed by atoms with Gasteiger partial charge in [-0.05, 0) is 13.5 Å². The highest BCUT2D eigenvalue weighted by Crippen LogP contribution is 2.42. The number of aryl methyl sites for hydroxylation is 1. The molecule has 4 aromatic rings. The SMILES string of the molecule is CCCc1ncc(-c2cccc(-c3cccc(-c4cnc(CNC)c(OC)n4)c3Cl)c2Cl)nc1OC. The van der Waals surface area contributed by atoms with E-state index in [2.05, 4.69) is 32.2 Å². The largest absolute Gasteiger partial charge is 0.480 e. The fourth-order valence-corrected chi connectivity index (χ4v) is 4.60. The number of halogens is 2. The third-order valence-corrected chi connectivity index (χ3v) is 6.49. The number of nitrogens with one attached hydrogen (secondary N) is 1. The Hall–Kier alpha value is -3.26. The molecule has 0 saturated carbocycles. The first kappa shape index (κ1) is 25.8. The molecule has 0 fully saturated rings. The molecule has 4 rings (SSSR count). The van der Waals surface area contributed by atoms with Gasteiger partial charge in [0.1, 0.15) is 11.4 Å². The minimum absolute atomic E-state index is 0.447. The van der Waals surface area contributed by atoms with Crippen molar-refractivity contribution in [3.63, 3.8) is 0 Å². The van der Waals surface area contributed by atoms with E-state index in [1.165, 1.54) is 0 Å². The predicted molar refractivity (Wildman–Crippen MR) is 144 cm³/mol. The topological polar surface area (TPSA) is 82.1 Å². The van der Waals surface area contributed by atoms with Crippen LogP contribution in [0.4, 0.5) is 0 Å². The van der Waals surface area contributed by atoms with Crippen LogP contribution in [0.25, 0.3) is 33.6 Å². The molecule has 36 heavy (non-hydrogen) atoms. The Balaban J connectivity index is 1.78. The van der Waals surface area contributed by atoms with E-state index < -0.39 is 0 Å². The molecule has 0 aliphatic heterocycles. The van der Waals surface area contributed by atoms with Crippen LogP contribution in [-0.2, 0) is 13.0 Å². The van der Waals surface area contributed by atoms with Crippen LogP contribution in [0.2, 0.25) is 10.0 Å². The average molecular weight is 524 g/mol. The molecular weight excluding hydrogens is 497 g/mol. The molecule has 2 aromatic carbocycles. The summed E-state index contributed by atoms with van der Waals surface area (Å²) in [4.78, 5) is 18.4. The van der Waals surface area contributed by atoms with E-state index in [9.17, 15) is 0 Å². The van der Waals surface area contributed by atoms with Crippen molar-refractivity contribution >= 4 is 23.2 Å². The maximum atomic E-state index is 6.93. The quantitative estimate of drug-likeness (QED) is 0.277. The monoisotopic (exact) mass is 523 g/mol. The van der Waals surface area contributed by atoms with Crippen molar-refractivity contribution in [1.29, 1.82) is 0 Å². The molecule has 9 heteroatoms.